The summed E-state index contributed by atoms with van der Waals surface area (Å²) in [6.07, 6.45) is -0.744. The van der Waals surface area contributed by atoms with Crippen LogP contribution in [0.4, 0.5) is 0 Å². The minimum absolute atomic E-state index is 0.0475. The minimum Gasteiger partial charge on any atom is -0.456 e. The van der Waals surface area contributed by atoms with Crippen LogP contribution in [0.25, 0.3) is 0 Å². The Hall–Kier alpha value is -1.10. The van der Waals surface area contributed by atoms with Crippen molar-refractivity contribution in [3.63, 3.8) is 0 Å². The van der Waals surface area contributed by atoms with Gasteiger partial charge < -0.3 is 14.2 Å². The van der Waals surface area contributed by atoms with Gasteiger partial charge in [0.05, 0.1) is 6.10 Å². The van der Waals surface area contributed by atoms with Crippen molar-refractivity contribution < 1.29 is 23.8 Å². The quantitative estimate of drug-likeness (QED) is 0.683. The van der Waals surface area contributed by atoms with E-state index in [9.17, 15) is 9.59 Å². The maximum Gasteiger partial charge on any atom is 0.305 e. The van der Waals surface area contributed by atoms with Crippen molar-refractivity contribution in [1.82, 2.24) is 0 Å². The van der Waals surface area contributed by atoms with Gasteiger partial charge >= 0.3 is 11.9 Å². The molecule has 0 aromatic heterocycles. The largest absolute Gasteiger partial charge is 0.456 e. The molecule has 1 saturated heterocycles. The van der Waals surface area contributed by atoms with Gasteiger partial charge in [-0.15, -0.1) is 0 Å². The van der Waals surface area contributed by atoms with Gasteiger partial charge in [0, 0.05) is 20.3 Å². The summed E-state index contributed by atoms with van der Waals surface area (Å²) in [7, 11) is 0. The summed E-state index contributed by atoms with van der Waals surface area (Å²) in [5.41, 5.74) is 0. The first-order valence-corrected chi connectivity index (χ1v) is 5.40. The minimum atomic E-state index is -0.770. The van der Waals surface area contributed by atoms with Crippen molar-refractivity contribution in [2.45, 2.75) is 52.6 Å². The van der Waals surface area contributed by atoms with Crippen LogP contribution in [0.1, 0.15) is 34.1 Å². The molecule has 1 aliphatic rings. The SMILES string of the molecule is CC(=O)O[C@@H]1O[C@H](C(C)C)C[C@H]1OC(C)=O. The third-order valence-corrected chi connectivity index (χ3v) is 2.42. The first kappa shape index (κ1) is 13.0. The molecule has 0 aliphatic carbocycles. The van der Waals surface area contributed by atoms with Gasteiger partial charge in [0.25, 0.3) is 0 Å². The molecule has 0 N–H and O–H groups in total. The maximum absolute atomic E-state index is 10.9. The lowest BCUT2D eigenvalue weighted by atomic mass is 10.0. The molecule has 0 aromatic carbocycles. The van der Waals surface area contributed by atoms with Crippen LogP contribution in [0.15, 0.2) is 0 Å². The van der Waals surface area contributed by atoms with Crippen LogP contribution in [0, 0.1) is 5.92 Å². The fraction of sp³-hybridized carbons (Fsp3) is 0.818. The standard InChI is InChI=1S/C11H18O5/c1-6(2)9-5-10(14-7(3)12)11(16-9)15-8(4)13/h6,9-11H,5H2,1-4H3/t9-,10+,11+/m0/s1. The Morgan fingerprint density at radius 1 is 1.19 bits per heavy atom. The zero-order valence-electron chi connectivity index (χ0n) is 10.1. The molecule has 0 radical (unpaired) electrons. The lowest BCUT2D eigenvalue weighted by Gasteiger charge is -2.17. The second kappa shape index (κ2) is 5.30. The lowest BCUT2D eigenvalue weighted by molar-refractivity contribution is -0.195. The Labute approximate surface area is 95.0 Å². The summed E-state index contributed by atoms with van der Waals surface area (Å²) in [5.74, 6) is -0.541. The molecule has 92 valence electrons. The molecular weight excluding hydrogens is 212 g/mol. The molecule has 1 fully saturated rings. The number of hydrogen-bond donors (Lipinski definition) is 0. The summed E-state index contributed by atoms with van der Waals surface area (Å²) >= 11 is 0. The van der Waals surface area contributed by atoms with E-state index in [0.717, 1.165) is 0 Å². The highest BCUT2D eigenvalue weighted by molar-refractivity contribution is 5.67. The Kier molecular flexibility index (Phi) is 4.29. The van der Waals surface area contributed by atoms with Crippen LogP contribution >= 0.6 is 0 Å². The van der Waals surface area contributed by atoms with Crippen LogP contribution in [-0.2, 0) is 23.8 Å². The summed E-state index contributed by atoms with van der Waals surface area (Å²) in [5, 5.41) is 0. The van der Waals surface area contributed by atoms with Gasteiger partial charge in [-0.05, 0) is 5.92 Å². The predicted octanol–water partition coefficient (Wildman–Crippen LogP) is 1.25. The summed E-state index contributed by atoms with van der Waals surface area (Å²) in [6, 6.07) is 0. The molecule has 0 amide bonds. The van der Waals surface area contributed by atoms with Crippen molar-refractivity contribution in [3.05, 3.63) is 0 Å². The van der Waals surface area contributed by atoms with Crippen molar-refractivity contribution >= 4 is 11.9 Å². The zero-order chi connectivity index (χ0) is 12.3. The fourth-order valence-electron chi connectivity index (χ4n) is 1.67. The molecule has 1 heterocycles. The Morgan fingerprint density at radius 3 is 2.19 bits per heavy atom. The second-order valence-corrected chi connectivity index (χ2v) is 4.28. The molecule has 1 rings (SSSR count). The van der Waals surface area contributed by atoms with Gasteiger partial charge in [0.2, 0.25) is 6.29 Å². The first-order chi connectivity index (χ1) is 7.40. The van der Waals surface area contributed by atoms with Crippen LogP contribution in [0.2, 0.25) is 0 Å². The van der Waals surface area contributed by atoms with E-state index in [0.29, 0.717) is 12.3 Å². The van der Waals surface area contributed by atoms with E-state index in [-0.39, 0.29) is 6.10 Å². The Bertz CT molecular complexity index is 250. The highest BCUT2D eigenvalue weighted by atomic mass is 16.7. The van der Waals surface area contributed by atoms with Crippen LogP contribution < -0.4 is 0 Å². The maximum atomic E-state index is 10.9. The number of carbonyl (C=O) groups excluding carboxylic acids is 2. The number of hydrogen-bond acceptors (Lipinski definition) is 5. The zero-order valence-corrected chi connectivity index (χ0v) is 10.1. The normalized spacial score (nSPS) is 29.2. The van der Waals surface area contributed by atoms with E-state index in [4.69, 9.17) is 14.2 Å². The molecule has 16 heavy (non-hydrogen) atoms. The van der Waals surface area contributed by atoms with Crippen molar-refractivity contribution in [2.24, 2.45) is 5.92 Å². The monoisotopic (exact) mass is 230 g/mol. The Balaban J connectivity index is 2.63. The summed E-state index contributed by atoms with van der Waals surface area (Å²) in [6.45, 7) is 6.64. The van der Waals surface area contributed by atoms with Gasteiger partial charge in [-0.3, -0.25) is 9.59 Å². The topological polar surface area (TPSA) is 61.8 Å². The van der Waals surface area contributed by atoms with Crippen molar-refractivity contribution in [3.8, 4) is 0 Å². The van der Waals surface area contributed by atoms with E-state index in [1.54, 1.807) is 0 Å². The van der Waals surface area contributed by atoms with Crippen LogP contribution in [0.5, 0.6) is 0 Å². The average molecular weight is 230 g/mol. The number of esters is 2. The first-order valence-electron chi connectivity index (χ1n) is 5.40. The van der Waals surface area contributed by atoms with E-state index < -0.39 is 24.3 Å². The van der Waals surface area contributed by atoms with Crippen molar-refractivity contribution in [1.29, 1.82) is 0 Å². The molecule has 0 aromatic rings. The van der Waals surface area contributed by atoms with Gasteiger partial charge in [-0.25, -0.2) is 0 Å². The van der Waals surface area contributed by atoms with E-state index in [1.807, 2.05) is 13.8 Å². The highest BCUT2D eigenvalue weighted by Gasteiger charge is 2.40. The molecule has 0 unspecified atom stereocenters. The number of ether oxygens (including phenoxy) is 3. The molecule has 0 spiro atoms. The van der Waals surface area contributed by atoms with Gasteiger partial charge in [0.15, 0.2) is 6.10 Å². The second-order valence-electron chi connectivity index (χ2n) is 4.28. The average Bonchev–Trinajstić information content (AvgIpc) is 2.46. The fourth-order valence-corrected chi connectivity index (χ4v) is 1.67. The third-order valence-electron chi connectivity index (χ3n) is 2.42. The summed E-state index contributed by atoms with van der Waals surface area (Å²) < 4.78 is 15.6. The molecule has 5 heteroatoms. The summed E-state index contributed by atoms with van der Waals surface area (Å²) in [4.78, 5) is 21.8. The van der Waals surface area contributed by atoms with Gasteiger partial charge in [-0.2, -0.15) is 0 Å². The van der Waals surface area contributed by atoms with Crippen LogP contribution in [-0.4, -0.2) is 30.4 Å². The lowest BCUT2D eigenvalue weighted by Crippen LogP contribution is -2.30. The molecule has 1 aliphatic heterocycles. The van der Waals surface area contributed by atoms with Crippen molar-refractivity contribution in [2.75, 3.05) is 0 Å². The van der Waals surface area contributed by atoms with Crippen LogP contribution in [0.3, 0.4) is 0 Å². The predicted molar refractivity (Wildman–Crippen MR) is 55.4 cm³/mol. The molecule has 5 nitrogen and oxygen atoms in total. The van der Waals surface area contributed by atoms with E-state index in [2.05, 4.69) is 0 Å². The van der Waals surface area contributed by atoms with E-state index >= 15 is 0 Å². The Morgan fingerprint density at radius 2 is 1.75 bits per heavy atom. The smallest absolute Gasteiger partial charge is 0.305 e. The van der Waals surface area contributed by atoms with Gasteiger partial charge in [0.1, 0.15) is 0 Å². The molecule has 0 saturated carbocycles. The number of rotatable bonds is 3. The molecule has 3 atom stereocenters. The van der Waals surface area contributed by atoms with E-state index in [1.165, 1.54) is 13.8 Å². The molecule has 0 bridgehead atoms. The number of carbonyl (C=O) groups is 2. The third kappa shape index (κ3) is 3.48. The highest BCUT2D eigenvalue weighted by Crippen LogP contribution is 2.28. The van der Waals surface area contributed by atoms with Gasteiger partial charge in [-0.1, -0.05) is 13.8 Å². The molecular formula is C11H18O5.